The van der Waals surface area contributed by atoms with Crippen molar-refractivity contribution in [2.75, 3.05) is 14.2 Å². The van der Waals surface area contributed by atoms with Crippen molar-refractivity contribution in [3.05, 3.63) is 29.6 Å². The number of nitrogens with zero attached hydrogens (tertiary/aromatic N) is 1. The summed E-state index contributed by atoms with van der Waals surface area (Å²) >= 11 is 3.66. The molecule has 110 valence electrons. The van der Waals surface area contributed by atoms with Crippen LogP contribution < -0.4 is 4.74 Å². The molecule has 1 saturated carbocycles. The van der Waals surface area contributed by atoms with Crippen LogP contribution in [0.4, 0.5) is 4.39 Å². The Morgan fingerprint density at radius 2 is 2.10 bits per heavy atom. The minimum absolute atomic E-state index is 0.0975. The first-order chi connectivity index (χ1) is 9.54. The number of carbonyl (C=O) groups is 1. The summed E-state index contributed by atoms with van der Waals surface area (Å²) in [6.07, 6.45) is 4.40. The standard InChI is InChI=1S/C15H19BrFNO2/c1-18(13-6-4-3-5-11(13)16)15(19)10-7-8-12(17)14(9-10)20-2/h7-9,11,13H,3-6H2,1-2H3. The van der Waals surface area contributed by atoms with E-state index in [1.807, 2.05) is 7.05 Å². The first-order valence-corrected chi connectivity index (χ1v) is 7.71. The third kappa shape index (κ3) is 3.14. The van der Waals surface area contributed by atoms with Crippen LogP contribution >= 0.6 is 15.9 Å². The van der Waals surface area contributed by atoms with Gasteiger partial charge in [0.2, 0.25) is 0 Å². The van der Waals surface area contributed by atoms with Crippen molar-refractivity contribution in [3.63, 3.8) is 0 Å². The molecule has 5 heteroatoms. The molecule has 1 amide bonds. The molecule has 2 rings (SSSR count). The Kier molecular flexibility index (Phi) is 5.02. The average molecular weight is 344 g/mol. The van der Waals surface area contributed by atoms with Crippen molar-refractivity contribution in [3.8, 4) is 5.75 Å². The lowest BCUT2D eigenvalue weighted by Gasteiger charge is -2.35. The van der Waals surface area contributed by atoms with E-state index >= 15 is 0 Å². The molecule has 0 spiro atoms. The molecular weight excluding hydrogens is 325 g/mol. The molecule has 2 atom stereocenters. The molecule has 1 aromatic carbocycles. The normalized spacial score (nSPS) is 22.4. The number of amides is 1. The van der Waals surface area contributed by atoms with Crippen molar-refractivity contribution < 1.29 is 13.9 Å². The van der Waals surface area contributed by atoms with Crippen LogP contribution in [-0.4, -0.2) is 35.8 Å². The number of rotatable bonds is 3. The highest BCUT2D eigenvalue weighted by Crippen LogP contribution is 2.29. The highest BCUT2D eigenvalue weighted by Gasteiger charge is 2.29. The molecule has 20 heavy (non-hydrogen) atoms. The SMILES string of the molecule is COc1cc(C(=O)N(C)C2CCCCC2Br)ccc1F. The van der Waals surface area contributed by atoms with Crippen molar-refractivity contribution in [1.82, 2.24) is 4.90 Å². The van der Waals surface area contributed by atoms with E-state index in [9.17, 15) is 9.18 Å². The molecule has 0 saturated heterocycles. The van der Waals surface area contributed by atoms with E-state index in [0.29, 0.717) is 10.4 Å². The van der Waals surface area contributed by atoms with Gasteiger partial charge in [0.25, 0.3) is 5.91 Å². The summed E-state index contributed by atoms with van der Waals surface area (Å²) in [5.74, 6) is -0.453. The number of alkyl halides is 1. The smallest absolute Gasteiger partial charge is 0.254 e. The van der Waals surface area contributed by atoms with Crippen molar-refractivity contribution in [2.24, 2.45) is 0 Å². The van der Waals surface area contributed by atoms with Gasteiger partial charge < -0.3 is 9.64 Å². The zero-order valence-electron chi connectivity index (χ0n) is 11.7. The van der Waals surface area contributed by atoms with Gasteiger partial charge in [-0.2, -0.15) is 0 Å². The van der Waals surface area contributed by atoms with Crippen LogP contribution in [0.2, 0.25) is 0 Å². The minimum atomic E-state index is -0.456. The van der Waals surface area contributed by atoms with Gasteiger partial charge in [0.1, 0.15) is 0 Å². The van der Waals surface area contributed by atoms with Gasteiger partial charge in [-0.05, 0) is 31.0 Å². The average Bonchev–Trinajstić information content (AvgIpc) is 2.47. The van der Waals surface area contributed by atoms with Crippen LogP contribution in [-0.2, 0) is 0 Å². The Morgan fingerprint density at radius 1 is 1.40 bits per heavy atom. The van der Waals surface area contributed by atoms with Gasteiger partial charge in [0.05, 0.1) is 7.11 Å². The summed E-state index contributed by atoms with van der Waals surface area (Å²) in [5.41, 5.74) is 0.455. The number of halogens is 2. The maximum absolute atomic E-state index is 13.4. The van der Waals surface area contributed by atoms with Crippen LogP contribution in [0.3, 0.4) is 0 Å². The second-order valence-corrected chi connectivity index (χ2v) is 6.31. The van der Waals surface area contributed by atoms with E-state index in [1.54, 1.807) is 4.90 Å². The van der Waals surface area contributed by atoms with E-state index in [1.165, 1.54) is 31.7 Å². The fraction of sp³-hybridized carbons (Fsp3) is 0.533. The first-order valence-electron chi connectivity index (χ1n) is 6.79. The number of hydrogen-bond donors (Lipinski definition) is 0. The topological polar surface area (TPSA) is 29.5 Å². The van der Waals surface area contributed by atoms with Gasteiger partial charge in [0, 0.05) is 23.5 Å². The fourth-order valence-electron chi connectivity index (χ4n) is 2.65. The second-order valence-electron chi connectivity index (χ2n) is 5.13. The maximum atomic E-state index is 13.4. The molecule has 2 unspecified atom stereocenters. The molecule has 1 aromatic rings. The fourth-order valence-corrected chi connectivity index (χ4v) is 3.59. The Hall–Kier alpha value is -1.10. The van der Waals surface area contributed by atoms with Gasteiger partial charge in [-0.3, -0.25) is 4.79 Å². The van der Waals surface area contributed by atoms with Crippen molar-refractivity contribution >= 4 is 21.8 Å². The summed E-state index contributed by atoms with van der Waals surface area (Å²) < 4.78 is 18.3. The predicted molar refractivity (Wildman–Crippen MR) is 80.0 cm³/mol. The first kappa shape index (κ1) is 15.3. The van der Waals surface area contributed by atoms with Crippen molar-refractivity contribution in [2.45, 2.75) is 36.6 Å². The predicted octanol–water partition coefficient (Wildman–Crippen LogP) is 3.61. The number of hydrogen-bond acceptors (Lipinski definition) is 2. The maximum Gasteiger partial charge on any atom is 0.254 e. The summed E-state index contributed by atoms with van der Waals surface area (Å²) in [5, 5.41) is 0. The number of methoxy groups -OCH3 is 1. The van der Waals surface area contributed by atoms with E-state index < -0.39 is 5.82 Å². The van der Waals surface area contributed by atoms with Gasteiger partial charge >= 0.3 is 0 Å². The second kappa shape index (κ2) is 6.57. The zero-order chi connectivity index (χ0) is 14.7. The number of ether oxygens (including phenoxy) is 1. The highest BCUT2D eigenvalue weighted by molar-refractivity contribution is 9.09. The largest absolute Gasteiger partial charge is 0.494 e. The Labute approximate surface area is 127 Å². The summed E-state index contributed by atoms with van der Waals surface area (Å²) in [4.78, 5) is 14.6. The van der Waals surface area contributed by atoms with Crippen LogP contribution in [0.1, 0.15) is 36.0 Å². The summed E-state index contributed by atoms with van der Waals surface area (Å²) in [6, 6.07) is 4.42. The molecule has 0 aromatic heterocycles. The van der Waals surface area contributed by atoms with Crippen LogP contribution in [0, 0.1) is 5.82 Å². The van der Waals surface area contributed by atoms with Gasteiger partial charge in [-0.15, -0.1) is 0 Å². The van der Waals surface area contributed by atoms with Crippen LogP contribution in [0.25, 0.3) is 0 Å². The van der Waals surface area contributed by atoms with Crippen molar-refractivity contribution in [1.29, 1.82) is 0 Å². The lowest BCUT2D eigenvalue weighted by molar-refractivity contribution is 0.0704. The molecule has 1 fully saturated rings. The molecule has 0 heterocycles. The molecule has 0 N–H and O–H groups in total. The Morgan fingerprint density at radius 3 is 2.75 bits per heavy atom. The molecule has 3 nitrogen and oxygen atoms in total. The monoisotopic (exact) mass is 343 g/mol. The summed E-state index contributed by atoms with van der Waals surface area (Å²) in [6.45, 7) is 0. The molecule has 0 aliphatic heterocycles. The molecule has 0 radical (unpaired) electrons. The van der Waals surface area contributed by atoms with E-state index in [2.05, 4.69) is 15.9 Å². The van der Waals surface area contributed by atoms with Crippen LogP contribution in [0.5, 0.6) is 5.75 Å². The Balaban J connectivity index is 2.17. The molecular formula is C15H19BrFNO2. The molecule has 1 aliphatic rings. The number of benzene rings is 1. The lowest BCUT2D eigenvalue weighted by atomic mass is 9.94. The van der Waals surface area contributed by atoms with E-state index in [4.69, 9.17) is 4.74 Å². The van der Waals surface area contributed by atoms with E-state index in [-0.39, 0.29) is 17.7 Å². The number of carbonyl (C=O) groups excluding carboxylic acids is 1. The summed E-state index contributed by atoms with van der Waals surface area (Å²) in [7, 11) is 3.20. The third-order valence-electron chi connectivity index (χ3n) is 3.86. The van der Waals surface area contributed by atoms with Crippen LogP contribution in [0.15, 0.2) is 18.2 Å². The highest BCUT2D eigenvalue weighted by atomic mass is 79.9. The minimum Gasteiger partial charge on any atom is -0.494 e. The molecule has 1 aliphatic carbocycles. The molecule has 0 bridgehead atoms. The van der Waals surface area contributed by atoms with Gasteiger partial charge in [0.15, 0.2) is 11.6 Å². The van der Waals surface area contributed by atoms with Gasteiger partial charge in [-0.1, -0.05) is 28.8 Å². The zero-order valence-corrected chi connectivity index (χ0v) is 13.3. The van der Waals surface area contributed by atoms with E-state index in [0.717, 1.165) is 19.3 Å². The van der Waals surface area contributed by atoms with Gasteiger partial charge in [-0.25, -0.2) is 4.39 Å². The third-order valence-corrected chi connectivity index (χ3v) is 4.93. The Bertz CT molecular complexity index is 495. The quantitative estimate of drug-likeness (QED) is 0.784. The lowest BCUT2D eigenvalue weighted by Crippen LogP contribution is -2.44.